The van der Waals surface area contributed by atoms with E-state index in [4.69, 9.17) is 11.6 Å². The van der Waals surface area contributed by atoms with E-state index >= 15 is 0 Å². The molecular weight excluding hydrogens is 375 g/mol. The lowest BCUT2D eigenvalue weighted by molar-refractivity contribution is -0.119. The summed E-state index contributed by atoms with van der Waals surface area (Å²) in [5.41, 5.74) is 0.509. The van der Waals surface area contributed by atoms with Crippen LogP contribution in [-0.4, -0.2) is 22.7 Å². The molecular formula is C19H24ClFN2O2S. The van der Waals surface area contributed by atoms with Gasteiger partial charge in [0.15, 0.2) is 5.78 Å². The maximum atomic E-state index is 13.4. The number of amides is 1. The lowest BCUT2D eigenvalue weighted by Gasteiger charge is -2.17. The summed E-state index contributed by atoms with van der Waals surface area (Å²) in [6, 6.07) is 3.58. The number of ketones is 1. The SMILES string of the molecule is CC.CC(=O)C(CC(C)C)NC(=O)c1cnc(-c2cc(F)cc(Cl)c2)s1. The first-order valence-corrected chi connectivity index (χ1v) is 9.69. The molecule has 1 aromatic carbocycles. The number of aromatic nitrogens is 1. The number of nitrogens with one attached hydrogen (secondary N) is 1. The van der Waals surface area contributed by atoms with E-state index < -0.39 is 11.9 Å². The van der Waals surface area contributed by atoms with Crippen molar-refractivity contribution in [3.05, 3.63) is 40.1 Å². The lowest BCUT2D eigenvalue weighted by Crippen LogP contribution is -2.40. The largest absolute Gasteiger partial charge is 0.341 e. The predicted octanol–water partition coefficient (Wildman–Crippen LogP) is 5.36. The first kappa shape index (κ1) is 22.3. The van der Waals surface area contributed by atoms with Crippen molar-refractivity contribution in [2.24, 2.45) is 5.92 Å². The highest BCUT2D eigenvalue weighted by molar-refractivity contribution is 7.16. The van der Waals surface area contributed by atoms with E-state index in [0.29, 0.717) is 21.9 Å². The Kier molecular flexibility index (Phi) is 8.88. The zero-order valence-corrected chi connectivity index (χ0v) is 17.2. The highest BCUT2D eigenvalue weighted by atomic mass is 35.5. The molecule has 1 heterocycles. The number of hydrogen-bond donors (Lipinski definition) is 1. The van der Waals surface area contributed by atoms with Crippen LogP contribution in [0.25, 0.3) is 10.6 Å². The highest BCUT2D eigenvalue weighted by Crippen LogP contribution is 2.28. The highest BCUT2D eigenvalue weighted by Gasteiger charge is 2.21. The fourth-order valence-electron chi connectivity index (χ4n) is 2.22. The third kappa shape index (κ3) is 6.50. The van der Waals surface area contributed by atoms with Gasteiger partial charge >= 0.3 is 0 Å². The zero-order chi connectivity index (χ0) is 19.9. The summed E-state index contributed by atoms with van der Waals surface area (Å²) < 4.78 is 13.4. The summed E-state index contributed by atoms with van der Waals surface area (Å²) in [5.74, 6) is -0.626. The third-order valence-corrected chi connectivity index (χ3v) is 4.61. The Morgan fingerprint density at radius 3 is 2.46 bits per heavy atom. The summed E-state index contributed by atoms with van der Waals surface area (Å²) in [4.78, 5) is 28.5. The Balaban J connectivity index is 0.00000163. The van der Waals surface area contributed by atoms with E-state index in [0.717, 1.165) is 11.3 Å². The minimum Gasteiger partial charge on any atom is -0.341 e. The Bertz CT molecular complexity index is 741. The standard InChI is InChI=1S/C17H18ClFN2O2S.C2H6/c1-9(2)4-14(10(3)22)21-16(23)15-8-20-17(24-15)11-5-12(18)7-13(19)6-11;1-2/h5-9,14H,4H2,1-3H3,(H,21,23);1-2H3. The van der Waals surface area contributed by atoms with Gasteiger partial charge in [0.05, 0.1) is 12.2 Å². The molecule has 0 aliphatic carbocycles. The van der Waals surface area contributed by atoms with Gasteiger partial charge in [0.2, 0.25) is 0 Å². The van der Waals surface area contributed by atoms with Gasteiger partial charge in [0.1, 0.15) is 15.7 Å². The average molecular weight is 399 g/mol. The normalized spacial score (nSPS) is 11.5. The molecule has 1 amide bonds. The molecule has 0 aliphatic heterocycles. The maximum absolute atomic E-state index is 13.4. The van der Waals surface area contributed by atoms with E-state index in [-0.39, 0.29) is 22.6 Å². The Hall–Kier alpha value is -1.79. The van der Waals surface area contributed by atoms with Crippen LogP contribution < -0.4 is 5.32 Å². The number of nitrogens with zero attached hydrogens (tertiary/aromatic N) is 1. The van der Waals surface area contributed by atoms with Gasteiger partial charge < -0.3 is 5.32 Å². The Labute approximate surface area is 162 Å². The zero-order valence-electron chi connectivity index (χ0n) is 15.6. The van der Waals surface area contributed by atoms with E-state index in [1.54, 1.807) is 6.07 Å². The second kappa shape index (κ2) is 10.4. The van der Waals surface area contributed by atoms with Gasteiger partial charge in [-0.05, 0) is 37.5 Å². The van der Waals surface area contributed by atoms with Gasteiger partial charge in [-0.2, -0.15) is 0 Å². The van der Waals surface area contributed by atoms with Gasteiger partial charge in [-0.15, -0.1) is 11.3 Å². The number of carbonyl (C=O) groups is 2. The quantitative estimate of drug-likeness (QED) is 0.712. The molecule has 1 aromatic heterocycles. The van der Waals surface area contributed by atoms with Crippen molar-refractivity contribution < 1.29 is 14.0 Å². The van der Waals surface area contributed by atoms with E-state index in [1.165, 1.54) is 25.3 Å². The topological polar surface area (TPSA) is 59.1 Å². The molecule has 2 aromatic rings. The van der Waals surface area contributed by atoms with Gasteiger partial charge in [0, 0.05) is 10.6 Å². The molecule has 0 spiro atoms. The van der Waals surface area contributed by atoms with Crippen LogP contribution in [-0.2, 0) is 4.79 Å². The number of halogens is 2. The van der Waals surface area contributed by atoms with Crippen LogP contribution in [0.5, 0.6) is 0 Å². The van der Waals surface area contributed by atoms with E-state index in [2.05, 4.69) is 10.3 Å². The number of rotatable bonds is 6. The summed E-state index contributed by atoms with van der Waals surface area (Å²) in [5, 5.41) is 3.49. The molecule has 0 fully saturated rings. The van der Waals surface area contributed by atoms with Crippen LogP contribution in [0.15, 0.2) is 24.4 Å². The molecule has 1 atom stereocenters. The third-order valence-electron chi connectivity index (χ3n) is 3.34. The molecule has 1 unspecified atom stereocenters. The molecule has 0 radical (unpaired) electrons. The van der Waals surface area contributed by atoms with Crippen molar-refractivity contribution in [1.29, 1.82) is 0 Å². The molecule has 142 valence electrons. The summed E-state index contributed by atoms with van der Waals surface area (Å²) >= 11 is 6.97. The Morgan fingerprint density at radius 1 is 1.27 bits per heavy atom. The van der Waals surface area contributed by atoms with Gasteiger partial charge in [-0.3, -0.25) is 9.59 Å². The second-order valence-corrected chi connectivity index (χ2v) is 7.42. The molecule has 0 aliphatic rings. The summed E-state index contributed by atoms with van der Waals surface area (Å²) in [7, 11) is 0. The molecule has 26 heavy (non-hydrogen) atoms. The van der Waals surface area contributed by atoms with Gasteiger partial charge in [0.25, 0.3) is 5.91 Å². The fraction of sp³-hybridized carbons (Fsp3) is 0.421. The molecule has 7 heteroatoms. The van der Waals surface area contributed by atoms with E-state index in [9.17, 15) is 14.0 Å². The summed E-state index contributed by atoms with van der Waals surface area (Å²) in [6.45, 7) is 9.43. The minimum absolute atomic E-state index is 0.0845. The van der Waals surface area contributed by atoms with Crippen LogP contribution in [0.2, 0.25) is 5.02 Å². The molecule has 2 rings (SSSR count). The number of Topliss-reactive ketones (excluding diaryl/α,β-unsaturated/α-hetero) is 1. The smallest absolute Gasteiger partial charge is 0.263 e. The molecule has 0 bridgehead atoms. The van der Waals surface area contributed by atoms with Crippen molar-refractivity contribution in [2.45, 2.75) is 47.1 Å². The van der Waals surface area contributed by atoms with Crippen molar-refractivity contribution in [1.82, 2.24) is 10.3 Å². The average Bonchev–Trinajstić information content (AvgIpc) is 3.05. The summed E-state index contributed by atoms with van der Waals surface area (Å²) in [6.07, 6.45) is 1.99. The van der Waals surface area contributed by atoms with Crippen molar-refractivity contribution in [3.8, 4) is 10.6 Å². The number of hydrogen-bond acceptors (Lipinski definition) is 4. The Morgan fingerprint density at radius 2 is 1.92 bits per heavy atom. The first-order valence-electron chi connectivity index (χ1n) is 8.50. The lowest BCUT2D eigenvalue weighted by atomic mass is 10.0. The number of benzene rings is 1. The van der Waals surface area contributed by atoms with Crippen LogP contribution in [0.3, 0.4) is 0 Å². The van der Waals surface area contributed by atoms with Crippen LogP contribution >= 0.6 is 22.9 Å². The fourth-order valence-corrected chi connectivity index (χ4v) is 3.25. The predicted molar refractivity (Wildman–Crippen MR) is 105 cm³/mol. The van der Waals surface area contributed by atoms with Crippen molar-refractivity contribution in [2.75, 3.05) is 0 Å². The minimum atomic E-state index is -0.522. The van der Waals surface area contributed by atoms with Crippen molar-refractivity contribution in [3.63, 3.8) is 0 Å². The van der Waals surface area contributed by atoms with Gasteiger partial charge in [-0.1, -0.05) is 39.3 Å². The molecule has 1 N–H and O–H groups in total. The van der Waals surface area contributed by atoms with Crippen LogP contribution in [0, 0.1) is 11.7 Å². The number of thiazole rings is 1. The molecule has 0 saturated carbocycles. The molecule has 4 nitrogen and oxygen atoms in total. The molecule has 0 saturated heterocycles. The van der Waals surface area contributed by atoms with Crippen molar-refractivity contribution >= 4 is 34.6 Å². The maximum Gasteiger partial charge on any atom is 0.263 e. The van der Waals surface area contributed by atoms with Crippen LogP contribution in [0.1, 0.15) is 50.7 Å². The van der Waals surface area contributed by atoms with E-state index in [1.807, 2.05) is 27.7 Å². The monoisotopic (exact) mass is 398 g/mol. The van der Waals surface area contributed by atoms with Crippen LogP contribution in [0.4, 0.5) is 4.39 Å². The number of carbonyl (C=O) groups excluding carboxylic acids is 2. The first-order chi connectivity index (χ1) is 12.3. The second-order valence-electron chi connectivity index (χ2n) is 5.95. The van der Waals surface area contributed by atoms with Gasteiger partial charge in [-0.25, -0.2) is 9.37 Å².